The molecule has 1 aromatic carbocycles. The van der Waals surface area contributed by atoms with Crippen molar-refractivity contribution in [2.45, 2.75) is 32.7 Å². The summed E-state index contributed by atoms with van der Waals surface area (Å²) in [5.74, 6) is 0.582. The van der Waals surface area contributed by atoms with Crippen LogP contribution in [0.4, 0.5) is 0 Å². The molecule has 0 aliphatic carbocycles. The summed E-state index contributed by atoms with van der Waals surface area (Å²) in [7, 11) is 1.39. The van der Waals surface area contributed by atoms with Crippen LogP contribution in [-0.4, -0.2) is 26.2 Å². The van der Waals surface area contributed by atoms with Crippen LogP contribution in [0.2, 0.25) is 5.02 Å². The Balaban J connectivity index is 2.62. The molecule has 0 radical (unpaired) electrons. The summed E-state index contributed by atoms with van der Waals surface area (Å²) in [5, 5.41) is 4.02. The predicted molar refractivity (Wildman–Crippen MR) is 80.3 cm³/mol. The van der Waals surface area contributed by atoms with Crippen molar-refractivity contribution in [1.82, 2.24) is 5.32 Å². The quantitative estimate of drug-likeness (QED) is 0.591. The van der Waals surface area contributed by atoms with E-state index in [2.05, 4.69) is 23.9 Å². The van der Waals surface area contributed by atoms with Gasteiger partial charge in [0.2, 0.25) is 0 Å². The molecule has 5 heteroatoms. The van der Waals surface area contributed by atoms with Gasteiger partial charge in [-0.1, -0.05) is 18.5 Å². The second-order valence-corrected chi connectivity index (χ2v) is 4.93. The number of hydrogen-bond donors (Lipinski definition) is 1. The van der Waals surface area contributed by atoms with E-state index in [0.717, 1.165) is 17.9 Å². The predicted octanol–water partition coefficient (Wildman–Crippen LogP) is 3.34. The maximum atomic E-state index is 11.0. The van der Waals surface area contributed by atoms with Gasteiger partial charge in [-0.2, -0.15) is 0 Å². The van der Waals surface area contributed by atoms with Gasteiger partial charge < -0.3 is 14.8 Å². The molecule has 0 aliphatic heterocycles. The Labute approximate surface area is 125 Å². The van der Waals surface area contributed by atoms with Crippen LogP contribution >= 0.6 is 11.6 Å². The van der Waals surface area contributed by atoms with Crippen molar-refractivity contribution >= 4 is 17.6 Å². The smallest absolute Gasteiger partial charge is 0.305 e. The van der Waals surface area contributed by atoms with E-state index in [0.29, 0.717) is 24.5 Å². The van der Waals surface area contributed by atoms with Crippen LogP contribution in [-0.2, 0) is 9.53 Å². The number of methoxy groups -OCH3 is 1. The van der Waals surface area contributed by atoms with Crippen molar-refractivity contribution in [3.63, 3.8) is 0 Å². The van der Waals surface area contributed by atoms with Crippen LogP contribution in [0.1, 0.15) is 38.3 Å². The molecule has 1 rings (SSSR count). The highest BCUT2D eigenvalue weighted by atomic mass is 35.5. The van der Waals surface area contributed by atoms with Gasteiger partial charge in [-0.3, -0.25) is 4.79 Å². The number of halogens is 1. The Morgan fingerprint density at radius 3 is 2.85 bits per heavy atom. The summed E-state index contributed by atoms with van der Waals surface area (Å²) in [6.45, 7) is 5.46. The third-order valence-corrected chi connectivity index (χ3v) is 3.19. The minimum absolute atomic E-state index is 0.161. The normalized spacial score (nSPS) is 12.0. The van der Waals surface area contributed by atoms with Gasteiger partial charge in [-0.15, -0.1) is 0 Å². The van der Waals surface area contributed by atoms with E-state index in [1.54, 1.807) is 6.07 Å². The molecule has 4 nitrogen and oxygen atoms in total. The van der Waals surface area contributed by atoms with Crippen molar-refractivity contribution in [3.05, 3.63) is 28.8 Å². The molecule has 0 amide bonds. The average Bonchev–Trinajstić information content (AvgIpc) is 2.44. The standard InChI is InChI=1S/C15H22ClNO3/c1-4-17-11(2)13-10-12(16)7-8-14(13)20-9-5-6-15(18)19-3/h7-8,10-11,17H,4-6,9H2,1-3H3. The summed E-state index contributed by atoms with van der Waals surface area (Å²) in [6.07, 6.45) is 0.993. The maximum absolute atomic E-state index is 11.0. The lowest BCUT2D eigenvalue weighted by Crippen LogP contribution is -2.18. The van der Waals surface area contributed by atoms with Crippen LogP contribution in [0.15, 0.2) is 18.2 Å². The molecule has 112 valence electrons. The Hall–Kier alpha value is -1.26. The van der Waals surface area contributed by atoms with Crippen LogP contribution in [0, 0.1) is 0 Å². The second kappa shape index (κ2) is 8.82. The minimum Gasteiger partial charge on any atom is -0.493 e. The Morgan fingerprint density at radius 2 is 2.20 bits per heavy atom. The van der Waals surface area contributed by atoms with Crippen molar-refractivity contribution < 1.29 is 14.3 Å². The first kappa shape index (κ1) is 16.8. The number of hydrogen-bond acceptors (Lipinski definition) is 4. The fourth-order valence-electron chi connectivity index (χ4n) is 1.91. The third-order valence-electron chi connectivity index (χ3n) is 2.96. The number of esters is 1. The molecule has 1 unspecified atom stereocenters. The number of carbonyl (C=O) groups is 1. The molecule has 0 bridgehead atoms. The van der Waals surface area contributed by atoms with Crippen LogP contribution in [0.5, 0.6) is 5.75 Å². The van der Waals surface area contributed by atoms with E-state index in [1.165, 1.54) is 7.11 Å². The van der Waals surface area contributed by atoms with Gasteiger partial charge in [0.25, 0.3) is 0 Å². The van der Waals surface area contributed by atoms with Gasteiger partial charge in [0.1, 0.15) is 5.75 Å². The van der Waals surface area contributed by atoms with Gasteiger partial charge in [-0.25, -0.2) is 0 Å². The molecular weight excluding hydrogens is 278 g/mol. The zero-order valence-electron chi connectivity index (χ0n) is 12.2. The molecule has 0 saturated heterocycles. The molecule has 1 atom stereocenters. The number of rotatable bonds is 8. The first-order valence-electron chi connectivity index (χ1n) is 6.81. The van der Waals surface area contributed by atoms with Crippen LogP contribution < -0.4 is 10.1 Å². The van der Waals surface area contributed by atoms with E-state index in [-0.39, 0.29) is 12.0 Å². The fourth-order valence-corrected chi connectivity index (χ4v) is 2.09. The molecular formula is C15H22ClNO3. The zero-order valence-corrected chi connectivity index (χ0v) is 13.0. The molecule has 0 spiro atoms. The first-order chi connectivity index (χ1) is 9.58. The van der Waals surface area contributed by atoms with E-state index < -0.39 is 0 Å². The van der Waals surface area contributed by atoms with Gasteiger partial charge >= 0.3 is 5.97 Å². The Bertz CT molecular complexity index is 437. The lowest BCUT2D eigenvalue weighted by Gasteiger charge is -2.18. The second-order valence-electron chi connectivity index (χ2n) is 4.49. The number of benzene rings is 1. The summed E-state index contributed by atoms with van der Waals surface area (Å²) in [4.78, 5) is 11.0. The van der Waals surface area contributed by atoms with Gasteiger partial charge in [0.05, 0.1) is 13.7 Å². The number of carbonyl (C=O) groups excluding carboxylic acids is 1. The summed E-state index contributed by atoms with van der Waals surface area (Å²) >= 11 is 6.04. The molecule has 0 aliphatic rings. The van der Waals surface area contributed by atoms with Crippen LogP contribution in [0.3, 0.4) is 0 Å². The monoisotopic (exact) mass is 299 g/mol. The molecule has 0 saturated carbocycles. The highest BCUT2D eigenvalue weighted by Crippen LogP contribution is 2.28. The topological polar surface area (TPSA) is 47.6 Å². The lowest BCUT2D eigenvalue weighted by atomic mass is 10.1. The molecule has 20 heavy (non-hydrogen) atoms. The lowest BCUT2D eigenvalue weighted by molar-refractivity contribution is -0.140. The summed E-state index contributed by atoms with van der Waals surface area (Å²) in [6, 6.07) is 5.74. The number of ether oxygens (including phenoxy) is 2. The van der Waals surface area contributed by atoms with E-state index in [4.69, 9.17) is 16.3 Å². The molecule has 1 N–H and O–H groups in total. The van der Waals surface area contributed by atoms with Crippen molar-refractivity contribution in [2.24, 2.45) is 0 Å². The summed E-state index contributed by atoms with van der Waals surface area (Å²) in [5.41, 5.74) is 1.03. The van der Waals surface area contributed by atoms with E-state index in [9.17, 15) is 4.79 Å². The third kappa shape index (κ3) is 5.39. The van der Waals surface area contributed by atoms with Gasteiger partial charge in [0.15, 0.2) is 0 Å². The number of nitrogens with one attached hydrogen (secondary N) is 1. The Morgan fingerprint density at radius 1 is 1.45 bits per heavy atom. The SMILES string of the molecule is CCNC(C)c1cc(Cl)ccc1OCCCC(=O)OC. The molecule has 0 aromatic heterocycles. The van der Waals surface area contributed by atoms with Crippen LogP contribution in [0.25, 0.3) is 0 Å². The molecule has 0 fully saturated rings. The minimum atomic E-state index is -0.217. The molecule has 0 heterocycles. The van der Waals surface area contributed by atoms with Gasteiger partial charge in [0, 0.05) is 23.0 Å². The highest BCUT2D eigenvalue weighted by Gasteiger charge is 2.12. The maximum Gasteiger partial charge on any atom is 0.305 e. The summed E-state index contributed by atoms with van der Waals surface area (Å²) < 4.78 is 10.3. The van der Waals surface area contributed by atoms with Crippen molar-refractivity contribution in [2.75, 3.05) is 20.3 Å². The van der Waals surface area contributed by atoms with E-state index >= 15 is 0 Å². The fraction of sp³-hybridized carbons (Fsp3) is 0.533. The van der Waals surface area contributed by atoms with Crippen molar-refractivity contribution in [3.8, 4) is 5.75 Å². The average molecular weight is 300 g/mol. The highest BCUT2D eigenvalue weighted by molar-refractivity contribution is 6.30. The van der Waals surface area contributed by atoms with E-state index in [1.807, 2.05) is 12.1 Å². The first-order valence-corrected chi connectivity index (χ1v) is 7.18. The Kier molecular flexibility index (Phi) is 7.41. The van der Waals surface area contributed by atoms with Crippen molar-refractivity contribution in [1.29, 1.82) is 0 Å². The largest absolute Gasteiger partial charge is 0.493 e. The zero-order chi connectivity index (χ0) is 15.0. The molecule has 1 aromatic rings. The van der Waals surface area contributed by atoms with Gasteiger partial charge in [-0.05, 0) is 38.1 Å².